The van der Waals surface area contributed by atoms with Gasteiger partial charge in [0.2, 0.25) is 5.91 Å². The number of amides is 1. The van der Waals surface area contributed by atoms with Crippen molar-refractivity contribution in [2.45, 2.75) is 46.0 Å². The van der Waals surface area contributed by atoms with E-state index in [-0.39, 0.29) is 24.0 Å². The minimum absolute atomic E-state index is 0.112. The first kappa shape index (κ1) is 26.6. The van der Waals surface area contributed by atoms with Crippen LogP contribution in [0.5, 0.6) is 0 Å². The van der Waals surface area contributed by atoms with Gasteiger partial charge in [-0.1, -0.05) is 73.7 Å². The summed E-state index contributed by atoms with van der Waals surface area (Å²) in [4.78, 5) is 28.9. The van der Waals surface area contributed by atoms with E-state index >= 15 is 0 Å². The highest BCUT2D eigenvalue weighted by molar-refractivity contribution is 6.33. The molecular weight excluding hydrogens is 480 g/mol. The zero-order valence-corrected chi connectivity index (χ0v) is 22.2. The van der Waals surface area contributed by atoms with Crippen LogP contribution in [0.15, 0.2) is 90.2 Å². The van der Waals surface area contributed by atoms with E-state index in [1.165, 1.54) is 5.57 Å². The molecule has 0 radical (unpaired) electrons. The standard InChI is InChI=1S/C32H33ClN2O2/c1-21-6-4-9-28(19-30(21)33)27-12-10-24(11-13-27)18-32(37)35-31-17-16-29(20-34-31)26-8-5-7-25(14-15-26)22(2)23(3)36/h4,6,8-13,16-17,19-20,22,25H,1,5,7,14-15,18H2,2-3H3,(H,34,35,37). The van der Waals surface area contributed by atoms with Crippen LogP contribution in [0.2, 0.25) is 0 Å². The number of carbonyl (C=O) groups is 2. The number of hydrogen-bond donors (Lipinski definition) is 1. The van der Waals surface area contributed by atoms with Gasteiger partial charge >= 0.3 is 0 Å². The summed E-state index contributed by atoms with van der Waals surface area (Å²) < 4.78 is 0. The minimum atomic E-state index is -0.112. The van der Waals surface area contributed by atoms with Crippen LogP contribution in [-0.2, 0) is 16.0 Å². The zero-order valence-electron chi connectivity index (χ0n) is 21.5. The Labute approximate surface area is 224 Å². The van der Waals surface area contributed by atoms with Gasteiger partial charge in [0.05, 0.1) is 6.42 Å². The summed E-state index contributed by atoms with van der Waals surface area (Å²) in [5, 5.41) is 3.51. The van der Waals surface area contributed by atoms with Gasteiger partial charge in [-0.3, -0.25) is 9.59 Å². The second kappa shape index (κ2) is 12.2. The van der Waals surface area contributed by atoms with Gasteiger partial charge in [0.15, 0.2) is 0 Å². The van der Waals surface area contributed by atoms with Crippen LogP contribution in [0.4, 0.5) is 5.82 Å². The molecule has 2 aliphatic carbocycles. The molecule has 0 saturated carbocycles. The molecule has 1 heterocycles. The fourth-order valence-electron chi connectivity index (χ4n) is 4.80. The van der Waals surface area contributed by atoms with Crippen LogP contribution < -0.4 is 5.32 Å². The minimum Gasteiger partial charge on any atom is -0.310 e. The van der Waals surface area contributed by atoms with Crippen molar-refractivity contribution in [3.05, 3.63) is 107 Å². The fraction of sp³-hybridized carbons (Fsp3) is 0.281. The average molecular weight is 513 g/mol. The van der Waals surface area contributed by atoms with Crippen molar-refractivity contribution >= 4 is 40.3 Å². The molecular formula is C32H33ClN2O2. The smallest absolute Gasteiger partial charge is 0.229 e. The van der Waals surface area contributed by atoms with E-state index in [0.29, 0.717) is 16.8 Å². The molecule has 0 aliphatic heterocycles. The fourth-order valence-corrected chi connectivity index (χ4v) is 4.98. The van der Waals surface area contributed by atoms with Crippen molar-refractivity contribution in [2.24, 2.45) is 11.8 Å². The average Bonchev–Trinajstić information content (AvgIpc) is 3.23. The Bertz CT molecular complexity index is 1300. The Morgan fingerprint density at radius 3 is 2.59 bits per heavy atom. The molecule has 0 fully saturated rings. The number of aromatic nitrogens is 1. The quantitative estimate of drug-likeness (QED) is 0.413. The summed E-state index contributed by atoms with van der Waals surface area (Å²) in [5.74, 6) is 1.24. The van der Waals surface area contributed by atoms with Gasteiger partial charge < -0.3 is 5.32 Å². The molecule has 2 aromatic rings. The lowest BCUT2D eigenvalue weighted by Crippen LogP contribution is -2.18. The zero-order chi connectivity index (χ0) is 26.4. The summed E-state index contributed by atoms with van der Waals surface area (Å²) >= 11 is 6.28. The van der Waals surface area contributed by atoms with Crippen LogP contribution in [-0.4, -0.2) is 16.7 Å². The summed E-state index contributed by atoms with van der Waals surface area (Å²) in [6.07, 6.45) is 16.0. The van der Waals surface area contributed by atoms with Crippen molar-refractivity contribution in [3.63, 3.8) is 0 Å². The molecule has 2 atom stereocenters. The van der Waals surface area contributed by atoms with E-state index in [9.17, 15) is 9.59 Å². The molecule has 1 amide bonds. The molecule has 0 saturated heterocycles. The molecule has 1 aromatic carbocycles. The van der Waals surface area contributed by atoms with E-state index in [4.69, 9.17) is 11.6 Å². The lowest BCUT2D eigenvalue weighted by molar-refractivity contribution is -0.122. The SMILES string of the molecule is C=C1C=CC=C(c2ccc(CC(=O)Nc3ccc(C4=CCCC(C(C)C(C)=O)CC4)cn3)cc2)C=C1Cl. The maximum atomic E-state index is 12.6. The van der Waals surface area contributed by atoms with E-state index in [1.807, 2.05) is 73.8 Å². The molecule has 0 spiro atoms. The summed E-state index contributed by atoms with van der Waals surface area (Å²) in [7, 11) is 0. The number of allylic oxidation sites excluding steroid dienone is 9. The number of anilines is 1. The summed E-state index contributed by atoms with van der Waals surface area (Å²) in [6.45, 7) is 7.66. The second-order valence-electron chi connectivity index (χ2n) is 9.86. The van der Waals surface area contributed by atoms with Crippen LogP contribution in [0.25, 0.3) is 11.1 Å². The number of nitrogens with zero attached hydrogens (tertiary/aromatic N) is 1. The van der Waals surface area contributed by atoms with E-state index in [1.54, 1.807) is 6.92 Å². The number of ketones is 1. The van der Waals surface area contributed by atoms with Gasteiger partial charge in [-0.15, -0.1) is 0 Å². The number of halogens is 1. The highest BCUT2D eigenvalue weighted by Gasteiger charge is 2.23. The third-order valence-corrected chi connectivity index (χ3v) is 7.63. The summed E-state index contributed by atoms with van der Waals surface area (Å²) in [6, 6.07) is 11.8. The Hall–Kier alpha value is -3.50. The predicted octanol–water partition coefficient (Wildman–Crippen LogP) is 7.69. The normalized spacial score (nSPS) is 18.6. The van der Waals surface area contributed by atoms with E-state index in [0.717, 1.165) is 53.5 Å². The van der Waals surface area contributed by atoms with Crippen molar-refractivity contribution in [2.75, 3.05) is 5.32 Å². The van der Waals surface area contributed by atoms with Gasteiger partial charge in [0.1, 0.15) is 11.6 Å². The molecule has 2 aliphatic rings. The lowest BCUT2D eigenvalue weighted by Gasteiger charge is -2.19. The van der Waals surface area contributed by atoms with Crippen molar-refractivity contribution in [3.8, 4) is 0 Å². The molecule has 5 heteroatoms. The molecule has 190 valence electrons. The maximum absolute atomic E-state index is 12.6. The summed E-state index contributed by atoms with van der Waals surface area (Å²) in [5.41, 5.74) is 6.05. The van der Waals surface area contributed by atoms with Gasteiger partial charge in [0, 0.05) is 17.1 Å². The molecule has 2 unspecified atom stereocenters. The Morgan fingerprint density at radius 2 is 1.89 bits per heavy atom. The molecule has 1 N–H and O–H groups in total. The number of benzene rings is 1. The third kappa shape index (κ3) is 7.05. The number of nitrogens with one attached hydrogen (secondary N) is 1. The van der Waals surface area contributed by atoms with Crippen LogP contribution in [0.1, 0.15) is 56.2 Å². The first-order chi connectivity index (χ1) is 17.8. The van der Waals surface area contributed by atoms with Crippen molar-refractivity contribution in [1.29, 1.82) is 0 Å². The first-order valence-electron chi connectivity index (χ1n) is 12.8. The Morgan fingerprint density at radius 1 is 1.14 bits per heavy atom. The number of pyridine rings is 1. The number of rotatable bonds is 7. The Balaban J connectivity index is 1.32. The molecule has 4 nitrogen and oxygen atoms in total. The van der Waals surface area contributed by atoms with Gasteiger partial charge in [-0.25, -0.2) is 4.98 Å². The number of carbonyl (C=O) groups excluding carboxylic acids is 2. The largest absolute Gasteiger partial charge is 0.310 e. The van der Waals surface area contributed by atoms with Crippen molar-refractivity contribution < 1.29 is 9.59 Å². The van der Waals surface area contributed by atoms with E-state index < -0.39 is 0 Å². The predicted molar refractivity (Wildman–Crippen MR) is 153 cm³/mol. The van der Waals surface area contributed by atoms with E-state index in [2.05, 4.69) is 23.0 Å². The van der Waals surface area contributed by atoms with Crippen molar-refractivity contribution in [1.82, 2.24) is 4.98 Å². The number of hydrogen-bond acceptors (Lipinski definition) is 3. The number of Topliss-reactive ketones (excluding diaryl/α,β-unsaturated/α-hetero) is 1. The van der Waals surface area contributed by atoms with Gasteiger partial charge in [0.25, 0.3) is 0 Å². The topological polar surface area (TPSA) is 59.1 Å². The lowest BCUT2D eigenvalue weighted by atomic mass is 9.84. The molecule has 4 rings (SSSR count). The maximum Gasteiger partial charge on any atom is 0.229 e. The first-order valence-corrected chi connectivity index (χ1v) is 13.2. The Kier molecular flexibility index (Phi) is 8.73. The molecule has 0 bridgehead atoms. The third-order valence-electron chi connectivity index (χ3n) is 7.28. The van der Waals surface area contributed by atoms with Gasteiger partial charge in [-0.2, -0.15) is 0 Å². The highest BCUT2D eigenvalue weighted by atomic mass is 35.5. The van der Waals surface area contributed by atoms with Crippen LogP contribution in [0.3, 0.4) is 0 Å². The van der Waals surface area contributed by atoms with Gasteiger partial charge in [-0.05, 0) is 90.1 Å². The van der Waals surface area contributed by atoms with Crippen LogP contribution >= 0.6 is 11.6 Å². The molecule has 1 aromatic heterocycles. The highest BCUT2D eigenvalue weighted by Crippen LogP contribution is 2.33. The monoisotopic (exact) mass is 512 g/mol. The molecule has 37 heavy (non-hydrogen) atoms. The second-order valence-corrected chi connectivity index (χ2v) is 10.3. The van der Waals surface area contributed by atoms with Crippen LogP contribution in [0, 0.1) is 11.8 Å².